The number of amides is 1. The highest BCUT2D eigenvalue weighted by molar-refractivity contribution is 5.76. The van der Waals surface area contributed by atoms with E-state index in [1.807, 2.05) is 0 Å². The zero-order valence-electron chi connectivity index (χ0n) is 13.4. The van der Waals surface area contributed by atoms with E-state index < -0.39 is 0 Å². The van der Waals surface area contributed by atoms with Crippen LogP contribution in [0.3, 0.4) is 0 Å². The van der Waals surface area contributed by atoms with E-state index >= 15 is 0 Å². The van der Waals surface area contributed by atoms with E-state index in [1.54, 1.807) is 0 Å². The molecule has 0 saturated heterocycles. The quantitative estimate of drug-likeness (QED) is 0.836. The lowest BCUT2D eigenvalue weighted by Gasteiger charge is -2.21. The van der Waals surface area contributed by atoms with Crippen molar-refractivity contribution in [3.8, 4) is 0 Å². The van der Waals surface area contributed by atoms with Crippen LogP contribution in [0.5, 0.6) is 0 Å². The normalized spacial score (nSPS) is 13.1. The van der Waals surface area contributed by atoms with Crippen LogP contribution in [0.1, 0.15) is 57.7 Å². The lowest BCUT2D eigenvalue weighted by Crippen LogP contribution is -2.39. The van der Waals surface area contributed by atoms with E-state index in [0.29, 0.717) is 13.0 Å². The fourth-order valence-corrected chi connectivity index (χ4v) is 2.04. The van der Waals surface area contributed by atoms with Gasteiger partial charge in [-0.05, 0) is 39.7 Å². The first-order chi connectivity index (χ1) is 9.31. The average molecular weight is 276 g/mol. The summed E-state index contributed by atoms with van der Waals surface area (Å²) in [6, 6.07) is 8.48. The highest BCUT2D eigenvalue weighted by Crippen LogP contribution is 2.17. The van der Waals surface area contributed by atoms with Gasteiger partial charge >= 0.3 is 0 Å². The number of carbonyl (C=O) groups excluding carboxylic acids is 1. The van der Waals surface area contributed by atoms with Gasteiger partial charge in [-0.15, -0.1) is 0 Å². The van der Waals surface area contributed by atoms with Crippen LogP contribution >= 0.6 is 0 Å². The summed E-state index contributed by atoms with van der Waals surface area (Å²) in [4.78, 5) is 12.0. The second-order valence-electron chi connectivity index (χ2n) is 6.37. The molecular formula is C17H28N2O. The molecular weight excluding hydrogens is 248 g/mol. The Balaban J connectivity index is 2.48. The summed E-state index contributed by atoms with van der Waals surface area (Å²) in [5.41, 5.74) is 2.47. The van der Waals surface area contributed by atoms with E-state index in [-0.39, 0.29) is 17.5 Å². The number of hydrogen-bond donors (Lipinski definition) is 2. The maximum atomic E-state index is 12.0. The first-order valence-corrected chi connectivity index (χ1v) is 7.43. The fraction of sp³-hybridized carbons (Fsp3) is 0.588. The molecule has 20 heavy (non-hydrogen) atoms. The number of rotatable bonds is 6. The Hall–Kier alpha value is -1.35. The molecule has 0 radical (unpaired) electrons. The highest BCUT2D eigenvalue weighted by atomic mass is 16.1. The molecule has 0 saturated carbocycles. The lowest BCUT2D eigenvalue weighted by molar-refractivity contribution is -0.121. The Morgan fingerprint density at radius 2 is 1.80 bits per heavy atom. The summed E-state index contributed by atoms with van der Waals surface area (Å²) in [7, 11) is 0. The van der Waals surface area contributed by atoms with Crippen LogP contribution in [0.15, 0.2) is 24.3 Å². The molecule has 0 aromatic heterocycles. The molecule has 0 aliphatic rings. The van der Waals surface area contributed by atoms with Crippen molar-refractivity contribution >= 4 is 5.91 Å². The summed E-state index contributed by atoms with van der Waals surface area (Å²) >= 11 is 0. The number of hydrogen-bond acceptors (Lipinski definition) is 2. The van der Waals surface area contributed by atoms with E-state index in [1.165, 1.54) is 11.1 Å². The third kappa shape index (κ3) is 6.20. The molecule has 1 rings (SSSR count). The van der Waals surface area contributed by atoms with E-state index in [2.05, 4.69) is 69.5 Å². The van der Waals surface area contributed by atoms with Gasteiger partial charge < -0.3 is 10.6 Å². The van der Waals surface area contributed by atoms with Gasteiger partial charge in [-0.2, -0.15) is 0 Å². The molecule has 112 valence electrons. The van der Waals surface area contributed by atoms with Crippen molar-refractivity contribution < 1.29 is 4.79 Å². The third-order valence-corrected chi connectivity index (χ3v) is 3.23. The minimum absolute atomic E-state index is 0.0569. The summed E-state index contributed by atoms with van der Waals surface area (Å²) < 4.78 is 0. The molecule has 3 heteroatoms. The van der Waals surface area contributed by atoms with Crippen LogP contribution in [0.4, 0.5) is 0 Å². The Morgan fingerprint density at radius 3 is 2.30 bits per heavy atom. The van der Waals surface area contributed by atoms with Gasteiger partial charge in [0.25, 0.3) is 0 Å². The predicted octanol–water partition coefficient (Wildman–Crippen LogP) is 3.34. The molecule has 0 fully saturated rings. The summed E-state index contributed by atoms with van der Waals surface area (Å²) in [5.74, 6) is 0.106. The molecule has 1 aromatic carbocycles. The van der Waals surface area contributed by atoms with Gasteiger partial charge in [0.15, 0.2) is 0 Å². The van der Waals surface area contributed by atoms with Crippen molar-refractivity contribution in [3.05, 3.63) is 35.4 Å². The summed E-state index contributed by atoms with van der Waals surface area (Å²) in [6.07, 6.45) is 1.42. The standard InChI is InChI=1S/C17H28N2O/c1-6-15(14-9-7-13(2)8-10-14)19-16(20)11-12-18-17(3,4)5/h7-10,15,18H,6,11-12H2,1-5H3,(H,19,20). The molecule has 0 aliphatic carbocycles. The van der Waals surface area contributed by atoms with Crippen LogP contribution < -0.4 is 10.6 Å². The smallest absolute Gasteiger partial charge is 0.221 e. The van der Waals surface area contributed by atoms with E-state index in [4.69, 9.17) is 0 Å². The topological polar surface area (TPSA) is 41.1 Å². The highest BCUT2D eigenvalue weighted by Gasteiger charge is 2.13. The van der Waals surface area contributed by atoms with Crippen LogP contribution in [-0.2, 0) is 4.79 Å². The number of benzene rings is 1. The fourth-order valence-electron chi connectivity index (χ4n) is 2.04. The predicted molar refractivity (Wildman–Crippen MR) is 84.7 cm³/mol. The van der Waals surface area contributed by atoms with Crippen LogP contribution in [0, 0.1) is 6.92 Å². The zero-order chi connectivity index (χ0) is 15.2. The van der Waals surface area contributed by atoms with Gasteiger partial charge in [0.1, 0.15) is 0 Å². The summed E-state index contributed by atoms with van der Waals surface area (Å²) in [5, 5.41) is 6.44. The largest absolute Gasteiger partial charge is 0.349 e. The summed E-state index contributed by atoms with van der Waals surface area (Å²) in [6.45, 7) is 11.2. The van der Waals surface area contributed by atoms with E-state index in [0.717, 1.165) is 6.42 Å². The van der Waals surface area contributed by atoms with Crippen LogP contribution in [-0.4, -0.2) is 18.0 Å². The monoisotopic (exact) mass is 276 g/mol. The van der Waals surface area contributed by atoms with Crippen molar-refractivity contribution in [1.82, 2.24) is 10.6 Å². The van der Waals surface area contributed by atoms with Crippen molar-refractivity contribution in [2.24, 2.45) is 0 Å². The van der Waals surface area contributed by atoms with E-state index in [9.17, 15) is 4.79 Å². The molecule has 1 amide bonds. The second kappa shape index (κ2) is 7.44. The van der Waals surface area contributed by atoms with Gasteiger partial charge in [0, 0.05) is 18.5 Å². The zero-order valence-corrected chi connectivity index (χ0v) is 13.4. The Kier molecular flexibility index (Phi) is 6.21. The average Bonchev–Trinajstić information content (AvgIpc) is 2.35. The van der Waals surface area contributed by atoms with Crippen LogP contribution in [0.25, 0.3) is 0 Å². The second-order valence-corrected chi connectivity index (χ2v) is 6.37. The molecule has 1 unspecified atom stereocenters. The molecule has 0 spiro atoms. The molecule has 0 aliphatic heterocycles. The maximum Gasteiger partial charge on any atom is 0.221 e. The maximum absolute atomic E-state index is 12.0. The molecule has 2 N–H and O–H groups in total. The SMILES string of the molecule is CCC(NC(=O)CCNC(C)(C)C)c1ccc(C)cc1. The molecule has 0 bridgehead atoms. The van der Waals surface area contributed by atoms with Gasteiger partial charge in [-0.25, -0.2) is 0 Å². The first-order valence-electron chi connectivity index (χ1n) is 7.43. The van der Waals surface area contributed by atoms with Crippen molar-refractivity contribution in [1.29, 1.82) is 0 Å². The Morgan fingerprint density at radius 1 is 1.20 bits per heavy atom. The minimum atomic E-state index is 0.0569. The molecule has 1 atom stereocenters. The van der Waals surface area contributed by atoms with Crippen molar-refractivity contribution in [2.45, 2.75) is 59.0 Å². The molecule has 3 nitrogen and oxygen atoms in total. The lowest BCUT2D eigenvalue weighted by atomic mass is 10.0. The van der Waals surface area contributed by atoms with Gasteiger partial charge in [-0.3, -0.25) is 4.79 Å². The van der Waals surface area contributed by atoms with Gasteiger partial charge in [0.05, 0.1) is 6.04 Å². The Bertz CT molecular complexity index is 418. The minimum Gasteiger partial charge on any atom is -0.349 e. The number of aryl methyl sites for hydroxylation is 1. The number of carbonyl (C=O) groups is 1. The van der Waals surface area contributed by atoms with Crippen molar-refractivity contribution in [2.75, 3.05) is 6.54 Å². The third-order valence-electron chi connectivity index (χ3n) is 3.23. The van der Waals surface area contributed by atoms with Gasteiger partial charge in [-0.1, -0.05) is 36.8 Å². The molecule has 0 heterocycles. The first kappa shape index (κ1) is 16.7. The number of nitrogens with one attached hydrogen (secondary N) is 2. The van der Waals surface area contributed by atoms with Gasteiger partial charge in [0.2, 0.25) is 5.91 Å². The van der Waals surface area contributed by atoms with Crippen molar-refractivity contribution in [3.63, 3.8) is 0 Å². The Labute approximate surface area is 123 Å². The molecule has 1 aromatic rings. The van der Waals surface area contributed by atoms with Crippen LogP contribution in [0.2, 0.25) is 0 Å².